The van der Waals surface area contributed by atoms with Crippen LogP contribution in [0.15, 0.2) is 36.7 Å². The molecular weight excluding hydrogens is 302 g/mol. The Morgan fingerprint density at radius 1 is 1.33 bits per heavy atom. The minimum absolute atomic E-state index is 0.153. The highest BCUT2D eigenvalue weighted by atomic mass is 16.5. The summed E-state index contributed by atoms with van der Waals surface area (Å²) >= 11 is 0. The van der Waals surface area contributed by atoms with Crippen LogP contribution in [-0.2, 0) is 17.8 Å². The van der Waals surface area contributed by atoms with Gasteiger partial charge < -0.3 is 14.8 Å². The van der Waals surface area contributed by atoms with Crippen LogP contribution in [0.3, 0.4) is 0 Å². The van der Waals surface area contributed by atoms with Gasteiger partial charge in [-0.05, 0) is 26.3 Å². The van der Waals surface area contributed by atoms with Crippen molar-refractivity contribution in [1.82, 2.24) is 15.1 Å². The van der Waals surface area contributed by atoms with E-state index in [1.54, 1.807) is 0 Å². The van der Waals surface area contributed by atoms with E-state index >= 15 is 0 Å². The molecule has 2 aromatic rings. The van der Waals surface area contributed by atoms with Crippen LogP contribution < -0.4 is 10.1 Å². The predicted molar refractivity (Wildman–Crippen MR) is 94.0 cm³/mol. The van der Waals surface area contributed by atoms with Gasteiger partial charge in [-0.1, -0.05) is 18.2 Å². The van der Waals surface area contributed by atoms with Gasteiger partial charge in [0.15, 0.2) is 0 Å². The van der Waals surface area contributed by atoms with Crippen molar-refractivity contribution in [2.45, 2.75) is 39.5 Å². The van der Waals surface area contributed by atoms with Gasteiger partial charge in [0.1, 0.15) is 5.75 Å². The van der Waals surface area contributed by atoms with E-state index in [1.165, 1.54) is 11.1 Å². The van der Waals surface area contributed by atoms with E-state index in [0.717, 1.165) is 38.4 Å². The summed E-state index contributed by atoms with van der Waals surface area (Å²) in [5, 5.41) is 7.95. The lowest BCUT2D eigenvalue weighted by Crippen LogP contribution is -2.24. The Kier molecular flexibility index (Phi) is 5.88. The smallest absolute Gasteiger partial charge is 0.123 e. The Morgan fingerprint density at radius 2 is 2.21 bits per heavy atom. The second-order valence-electron chi connectivity index (χ2n) is 6.14. The zero-order valence-electron chi connectivity index (χ0n) is 14.6. The maximum absolute atomic E-state index is 5.96. The maximum Gasteiger partial charge on any atom is 0.123 e. The van der Waals surface area contributed by atoms with E-state index in [0.29, 0.717) is 12.5 Å². The first-order valence-electron chi connectivity index (χ1n) is 8.87. The molecule has 0 saturated carbocycles. The second-order valence-corrected chi connectivity index (χ2v) is 6.14. The third kappa shape index (κ3) is 3.97. The molecule has 0 unspecified atom stereocenters. The normalized spacial score (nSPS) is 20.4. The van der Waals surface area contributed by atoms with Crippen LogP contribution >= 0.6 is 0 Å². The van der Waals surface area contributed by atoms with Gasteiger partial charge in [0.25, 0.3) is 0 Å². The van der Waals surface area contributed by atoms with Crippen molar-refractivity contribution < 1.29 is 9.47 Å². The van der Waals surface area contributed by atoms with E-state index in [4.69, 9.17) is 9.47 Å². The lowest BCUT2D eigenvalue weighted by atomic mass is 9.97. The molecule has 2 heterocycles. The van der Waals surface area contributed by atoms with E-state index in [-0.39, 0.29) is 6.10 Å². The van der Waals surface area contributed by atoms with Crippen molar-refractivity contribution in [2.75, 3.05) is 19.8 Å². The largest absolute Gasteiger partial charge is 0.494 e. The van der Waals surface area contributed by atoms with Crippen LogP contribution in [-0.4, -0.2) is 29.5 Å². The summed E-state index contributed by atoms with van der Waals surface area (Å²) in [4.78, 5) is 0. The molecule has 0 bridgehead atoms. The van der Waals surface area contributed by atoms with Gasteiger partial charge in [-0.15, -0.1) is 0 Å². The molecule has 24 heavy (non-hydrogen) atoms. The number of para-hydroxylation sites is 1. The number of hydrogen-bond donors (Lipinski definition) is 1. The molecule has 0 spiro atoms. The number of ether oxygens (including phenoxy) is 2. The Morgan fingerprint density at radius 3 is 3.00 bits per heavy atom. The Labute approximate surface area is 144 Å². The molecular formula is C19H27N3O2. The van der Waals surface area contributed by atoms with Crippen molar-refractivity contribution >= 4 is 0 Å². The van der Waals surface area contributed by atoms with E-state index < -0.39 is 0 Å². The highest BCUT2D eigenvalue weighted by Crippen LogP contribution is 2.34. The van der Waals surface area contributed by atoms with Gasteiger partial charge in [-0.2, -0.15) is 5.10 Å². The fraction of sp³-hybridized carbons (Fsp3) is 0.526. The van der Waals surface area contributed by atoms with Crippen molar-refractivity contribution in [2.24, 2.45) is 5.92 Å². The van der Waals surface area contributed by atoms with Crippen molar-refractivity contribution in [3.05, 3.63) is 47.8 Å². The summed E-state index contributed by atoms with van der Waals surface area (Å²) in [5.41, 5.74) is 2.39. The van der Waals surface area contributed by atoms with Gasteiger partial charge in [0.2, 0.25) is 0 Å². The molecule has 5 nitrogen and oxygen atoms in total. The summed E-state index contributed by atoms with van der Waals surface area (Å²) in [6, 6.07) is 8.22. The Balaban J connectivity index is 1.56. The summed E-state index contributed by atoms with van der Waals surface area (Å²) in [6.45, 7) is 8.27. The molecule has 0 amide bonds. The van der Waals surface area contributed by atoms with Gasteiger partial charge in [0, 0.05) is 49.5 Å². The number of nitrogens with zero attached hydrogens (tertiary/aromatic N) is 2. The fourth-order valence-electron chi connectivity index (χ4n) is 3.25. The van der Waals surface area contributed by atoms with Crippen LogP contribution in [0.25, 0.3) is 0 Å². The Hall–Kier alpha value is -1.85. The molecule has 1 aliphatic rings. The van der Waals surface area contributed by atoms with E-state index in [9.17, 15) is 0 Å². The number of aromatic nitrogens is 2. The van der Waals surface area contributed by atoms with Crippen molar-refractivity contribution in [3.8, 4) is 5.75 Å². The molecule has 5 heteroatoms. The first-order valence-corrected chi connectivity index (χ1v) is 8.87. The number of nitrogens with one attached hydrogen (secondary N) is 1. The minimum Gasteiger partial charge on any atom is -0.494 e. The first kappa shape index (κ1) is 17.0. The topological polar surface area (TPSA) is 48.3 Å². The molecule has 1 aromatic carbocycles. The molecule has 130 valence electrons. The van der Waals surface area contributed by atoms with Crippen LogP contribution in [0.1, 0.15) is 37.5 Å². The fourth-order valence-corrected chi connectivity index (χ4v) is 3.25. The van der Waals surface area contributed by atoms with E-state index in [1.807, 2.05) is 29.9 Å². The number of hydrogen-bond acceptors (Lipinski definition) is 4. The maximum atomic E-state index is 5.96. The predicted octanol–water partition coefficient (Wildman–Crippen LogP) is 3.17. The number of aryl methyl sites for hydroxylation is 1. The van der Waals surface area contributed by atoms with Crippen LogP contribution in [0.4, 0.5) is 0 Å². The summed E-state index contributed by atoms with van der Waals surface area (Å²) in [7, 11) is 0. The Bertz CT molecular complexity index is 641. The standard InChI is InChI=1S/C19H27N3O2/c1-3-22-14-17(13-21-22)19-16(9-10-24-19)12-20-11-15-7-5-6-8-18(15)23-4-2/h5-8,13-14,16,19-20H,3-4,9-12H2,1-2H3/t16-,19+/m0/s1. The van der Waals surface area contributed by atoms with Gasteiger partial charge in [0.05, 0.1) is 18.9 Å². The molecule has 1 aliphatic heterocycles. The first-order chi connectivity index (χ1) is 11.8. The molecule has 0 radical (unpaired) electrons. The summed E-state index contributed by atoms with van der Waals surface area (Å²) in [5.74, 6) is 1.45. The molecule has 3 rings (SSSR count). The average Bonchev–Trinajstić information content (AvgIpc) is 3.25. The van der Waals surface area contributed by atoms with Crippen molar-refractivity contribution in [1.29, 1.82) is 0 Å². The van der Waals surface area contributed by atoms with E-state index in [2.05, 4.69) is 35.7 Å². The third-order valence-electron chi connectivity index (χ3n) is 4.51. The van der Waals surface area contributed by atoms with Gasteiger partial charge >= 0.3 is 0 Å². The molecule has 1 saturated heterocycles. The lowest BCUT2D eigenvalue weighted by molar-refractivity contribution is 0.0903. The highest BCUT2D eigenvalue weighted by Gasteiger charge is 2.30. The summed E-state index contributed by atoms with van der Waals surface area (Å²) in [6.07, 6.45) is 5.28. The second kappa shape index (κ2) is 8.31. The minimum atomic E-state index is 0.153. The SMILES string of the molecule is CCOc1ccccc1CNC[C@@H]1CCO[C@H]1c1cnn(CC)c1. The average molecular weight is 329 g/mol. The highest BCUT2D eigenvalue weighted by molar-refractivity contribution is 5.33. The summed E-state index contributed by atoms with van der Waals surface area (Å²) < 4.78 is 13.6. The monoisotopic (exact) mass is 329 g/mol. The molecule has 2 atom stereocenters. The quantitative estimate of drug-likeness (QED) is 0.808. The zero-order valence-corrected chi connectivity index (χ0v) is 14.6. The van der Waals surface area contributed by atoms with Crippen LogP contribution in [0.5, 0.6) is 5.75 Å². The van der Waals surface area contributed by atoms with Gasteiger partial charge in [-0.25, -0.2) is 0 Å². The number of benzene rings is 1. The molecule has 0 aliphatic carbocycles. The lowest BCUT2D eigenvalue weighted by Gasteiger charge is -2.18. The molecule has 1 fully saturated rings. The van der Waals surface area contributed by atoms with Crippen LogP contribution in [0, 0.1) is 5.92 Å². The van der Waals surface area contributed by atoms with Crippen molar-refractivity contribution in [3.63, 3.8) is 0 Å². The van der Waals surface area contributed by atoms with Gasteiger partial charge in [-0.3, -0.25) is 4.68 Å². The molecule has 1 aromatic heterocycles. The zero-order chi connectivity index (χ0) is 16.8. The van der Waals surface area contributed by atoms with Crippen LogP contribution in [0.2, 0.25) is 0 Å². The third-order valence-corrected chi connectivity index (χ3v) is 4.51. The number of rotatable bonds is 8. The molecule has 1 N–H and O–H groups in total.